The van der Waals surface area contributed by atoms with Crippen LogP contribution < -0.4 is 10.2 Å². The standard InChI is InChI=1S/C23H30BBrF5O6PS/c1-7-33-37(31,34-8-2)23(29,30)19-17(25)15-12-14(24-35-20(3,4)21(5,6)36-24)13-16(18(15)38-19)32-11-9-10-22(26,27)28/h12-13H,7-11H2,1-6H3. The van der Waals surface area contributed by atoms with Crippen molar-refractivity contribution in [3.8, 4) is 5.75 Å². The third kappa shape index (κ3) is 6.26. The van der Waals surface area contributed by atoms with Crippen molar-refractivity contribution >= 4 is 57.5 Å². The van der Waals surface area contributed by atoms with Gasteiger partial charge in [0.15, 0.2) is 0 Å². The Kier molecular flexibility index (Phi) is 9.41. The number of fused-ring (bicyclic) bond motifs is 1. The summed E-state index contributed by atoms with van der Waals surface area (Å²) in [6, 6.07) is 3.08. The molecule has 1 aliphatic heterocycles. The maximum Gasteiger partial charge on any atom is 0.494 e. The number of benzene rings is 1. The molecule has 1 saturated heterocycles. The zero-order valence-electron chi connectivity index (χ0n) is 21.8. The van der Waals surface area contributed by atoms with Gasteiger partial charge in [-0.2, -0.15) is 22.0 Å². The van der Waals surface area contributed by atoms with Gasteiger partial charge in [0.25, 0.3) is 0 Å². The van der Waals surface area contributed by atoms with Gasteiger partial charge in [-0.25, -0.2) is 0 Å². The van der Waals surface area contributed by atoms with Crippen LogP contribution in [0.2, 0.25) is 0 Å². The topological polar surface area (TPSA) is 63.2 Å². The summed E-state index contributed by atoms with van der Waals surface area (Å²) in [5, 5.41) is 0.266. The van der Waals surface area contributed by atoms with E-state index in [9.17, 15) is 17.7 Å². The van der Waals surface area contributed by atoms with Gasteiger partial charge in [-0.3, -0.25) is 4.57 Å². The lowest BCUT2D eigenvalue weighted by molar-refractivity contribution is -0.136. The molecule has 38 heavy (non-hydrogen) atoms. The lowest BCUT2D eigenvalue weighted by atomic mass is 9.78. The molecule has 0 radical (unpaired) electrons. The SMILES string of the molecule is CCOP(=O)(OCC)C(F)(F)c1sc2c(OCCCC(F)(F)F)cc(B3OC(C)(C)C(C)(C)O3)cc2c1Br. The molecule has 0 saturated carbocycles. The average Bonchev–Trinajstić information content (AvgIpc) is 3.23. The molecule has 214 valence electrons. The van der Waals surface area contributed by atoms with Crippen LogP contribution in [-0.4, -0.2) is 44.3 Å². The van der Waals surface area contributed by atoms with Crippen molar-refractivity contribution < 1.29 is 49.6 Å². The van der Waals surface area contributed by atoms with Crippen LogP contribution >= 0.6 is 34.9 Å². The van der Waals surface area contributed by atoms with E-state index in [0.717, 1.165) is 0 Å². The van der Waals surface area contributed by atoms with Gasteiger partial charge in [0.1, 0.15) is 10.6 Å². The summed E-state index contributed by atoms with van der Waals surface area (Å²) in [7, 11) is -5.81. The molecule has 1 aromatic carbocycles. The molecule has 3 rings (SSSR count). The van der Waals surface area contributed by atoms with Crippen LogP contribution in [0.4, 0.5) is 22.0 Å². The number of halogens is 6. The molecule has 2 aromatic rings. The molecule has 0 aliphatic carbocycles. The molecular weight excluding hydrogens is 621 g/mol. The highest BCUT2D eigenvalue weighted by molar-refractivity contribution is 9.10. The molecule has 0 bridgehead atoms. The maximum atomic E-state index is 15.7. The Labute approximate surface area is 231 Å². The minimum absolute atomic E-state index is 0.0689. The second-order valence-corrected chi connectivity index (χ2v) is 13.6. The number of hydrogen-bond donors (Lipinski definition) is 0. The van der Waals surface area contributed by atoms with Crippen molar-refractivity contribution in [2.75, 3.05) is 19.8 Å². The molecule has 0 unspecified atom stereocenters. The van der Waals surface area contributed by atoms with Crippen LogP contribution in [-0.2, 0) is 28.6 Å². The van der Waals surface area contributed by atoms with E-state index in [4.69, 9.17) is 23.1 Å². The van der Waals surface area contributed by atoms with Crippen molar-refractivity contribution in [1.82, 2.24) is 0 Å². The molecule has 0 spiro atoms. The second kappa shape index (κ2) is 11.3. The highest BCUT2D eigenvalue weighted by Crippen LogP contribution is 2.69. The zero-order chi connectivity index (χ0) is 28.7. The van der Waals surface area contributed by atoms with E-state index in [1.165, 1.54) is 19.9 Å². The Morgan fingerprint density at radius 3 is 2.08 bits per heavy atom. The van der Waals surface area contributed by atoms with E-state index in [0.29, 0.717) is 16.8 Å². The molecule has 1 aliphatic rings. The van der Waals surface area contributed by atoms with Crippen molar-refractivity contribution in [2.24, 2.45) is 0 Å². The predicted octanol–water partition coefficient (Wildman–Crippen LogP) is 8.00. The van der Waals surface area contributed by atoms with Crippen LogP contribution in [0.3, 0.4) is 0 Å². The highest BCUT2D eigenvalue weighted by atomic mass is 79.9. The zero-order valence-corrected chi connectivity index (χ0v) is 25.1. The molecule has 0 amide bonds. The van der Waals surface area contributed by atoms with Crippen LogP contribution in [0, 0.1) is 0 Å². The van der Waals surface area contributed by atoms with Crippen LogP contribution in [0.25, 0.3) is 10.1 Å². The molecule has 2 heterocycles. The van der Waals surface area contributed by atoms with Gasteiger partial charge in [0.05, 0.1) is 35.7 Å². The van der Waals surface area contributed by atoms with Gasteiger partial charge in [0, 0.05) is 16.3 Å². The summed E-state index contributed by atoms with van der Waals surface area (Å²) in [6.07, 6.45) is -5.74. The van der Waals surface area contributed by atoms with Crippen LogP contribution in [0.15, 0.2) is 16.6 Å². The van der Waals surface area contributed by atoms with Crippen LogP contribution in [0.1, 0.15) is 59.3 Å². The minimum atomic E-state index is -4.92. The highest BCUT2D eigenvalue weighted by Gasteiger charge is 2.57. The van der Waals surface area contributed by atoms with E-state index >= 15 is 8.78 Å². The monoisotopic (exact) mass is 650 g/mol. The van der Waals surface area contributed by atoms with Gasteiger partial charge in [0.2, 0.25) is 0 Å². The first-order valence-electron chi connectivity index (χ1n) is 12.0. The lowest BCUT2D eigenvalue weighted by Crippen LogP contribution is -2.41. The van der Waals surface area contributed by atoms with Crippen molar-refractivity contribution in [3.63, 3.8) is 0 Å². The van der Waals surface area contributed by atoms with Gasteiger partial charge in [-0.1, -0.05) is 6.07 Å². The number of ether oxygens (including phenoxy) is 1. The first-order valence-corrected chi connectivity index (χ1v) is 15.1. The molecular formula is C23H30BBrF5O6PS. The van der Waals surface area contributed by atoms with E-state index in [1.807, 2.05) is 27.7 Å². The Morgan fingerprint density at radius 2 is 1.58 bits per heavy atom. The summed E-state index contributed by atoms with van der Waals surface area (Å²) < 4.78 is 110. The van der Waals surface area contributed by atoms with Crippen molar-refractivity contribution in [2.45, 2.75) is 77.4 Å². The summed E-state index contributed by atoms with van der Waals surface area (Å²) in [6.45, 7) is 9.38. The Morgan fingerprint density at radius 1 is 1.03 bits per heavy atom. The third-order valence-electron chi connectivity index (χ3n) is 6.32. The quantitative estimate of drug-likeness (QED) is 0.106. The second-order valence-electron chi connectivity index (χ2n) is 9.67. The first-order chi connectivity index (χ1) is 17.4. The van der Waals surface area contributed by atoms with Gasteiger partial charge in [-0.15, -0.1) is 11.3 Å². The molecule has 0 atom stereocenters. The molecule has 1 aromatic heterocycles. The fourth-order valence-corrected chi connectivity index (χ4v) is 7.71. The number of alkyl halides is 5. The molecule has 0 N–H and O–H groups in total. The average molecular weight is 651 g/mol. The third-order valence-corrected chi connectivity index (χ3v) is 11.0. The largest absolute Gasteiger partial charge is 0.494 e. The summed E-state index contributed by atoms with van der Waals surface area (Å²) >= 11 is 3.82. The normalized spacial score (nSPS) is 17.9. The Balaban J connectivity index is 2.12. The van der Waals surface area contributed by atoms with E-state index in [-0.39, 0.29) is 46.5 Å². The number of thiophene rings is 1. The Hall–Kier alpha value is -0.755. The number of hydrogen-bond acceptors (Lipinski definition) is 7. The van der Waals surface area contributed by atoms with E-state index < -0.39 is 49.1 Å². The fraction of sp³-hybridized carbons (Fsp3) is 0.652. The molecule has 15 heteroatoms. The minimum Gasteiger partial charge on any atom is -0.492 e. The molecule has 6 nitrogen and oxygen atoms in total. The van der Waals surface area contributed by atoms with Gasteiger partial charge < -0.3 is 23.1 Å². The van der Waals surface area contributed by atoms with Gasteiger partial charge in [-0.05, 0) is 75.4 Å². The van der Waals surface area contributed by atoms with E-state index in [1.54, 1.807) is 6.07 Å². The predicted molar refractivity (Wildman–Crippen MR) is 141 cm³/mol. The number of rotatable bonds is 11. The molecule has 1 fully saturated rings. The maximum absolute atomic E-state index is 15.7. The van der Waals surface area contributed by atoms with Crippen molar-refractivity contribution in [1.29, 1.82) is 0 Å². The van der Waals surface area contributed by atoms with E-state index in [2.05, 4.69) is 15.9 Å². The summed E-state index contributed by atoms with van der Waals surface area (Å²) in [4.78, 5) is -0.621. The fourth-order valence-electron chi connectivity index (χ4n) is 3.70. The summed E-state index contributed by atoms with van der Waals surface area (Å²) in [5.74, 6) is 0.0739. The first kappa shape index (κ1) is 31.8. The Bertz CT molecular complexity index is 1180. The summed E-state index contributed by atoms with van der Waals surface area (Å²) in [5.41, 5.74) is -5.01. The smallest absolute Gasteiger partial charge is 0.492 e. The van der Waals surface area contributed by atoms with Crippen molar-refractivity contribution in [3.05, 3.63) is 21.5 Å². The lowest BCUT2D eigenvalue weighted by Gasteiger charge is -2.32. The van der Waals surface area contributed by atoms with Crippen LogP contribution in [0.5, 0.6) is 5.75 Å². The van der Waals surface area contributed by atoms with Gasteiger partial charge >= 0.3 is 26.6 Å².